The number of hydrogen-bond donors (Lipinski definition) is 0. The van der Waals surface area contributed by atoms with E-state index in [9.17, 15) is 9.59 Å². The fourth-order valence-electron chi connectivity index (χ4n) is 1.92. The first-order valence-corrected chi connectivity index (χ1v) is 5.99. The number of Topliss-reactive ketones (excluding diaryl/α,β-unsaturated/α-hetero) is 2. The van der Waals surface area contributed by atoms with Crippen LogP contribution in [0.5, 0.6) is 5.75 Å². The lowest BCUT2D eigenvalue weighted by atomic mass is 9.91. The molecule has 2 rings (SSSR count). The van der Waals surface area contributed by atoms with Crippen molar-refractivity contribution in [1.82, 2.24) is 0 Å². The highest BCUT2D eigenvalue weighted by Crippen LogP contribution is 2.26. The molecule has 0 aromatic heterocycles. The van der Waals surface area contributed by atoms with E-state index in [1.54, 1.807) is 12.1 Å². The van der Waals surface area contributed by atoms with E-state index in [0.29, 0.717) is 22.9 Å². The van der Waals surface area contributed by atoms with Gasteiger partial charge >= 0.3 is 0 Å². The third-order valence-electron chi connectivity index (χ3n) is 2.91. The molecule has 18 heavy (non-hydrogen) atoms. The van der Waals surface area contributed by atoms with E-state index in [2.05, 4.69) is 0 Å². The summed E-state index contributed by atoms with van der Waals surface area (Å²) in [5, 5.41) is 0.434. The maximum absolute atomic E-state index is 12.3. The van der Waals surface area contributed by atoms with E-state index in [0.717, 1.165) is 0 Å². The summed E-state index contributed by atoms with van der Waals surface area (Å²) >= 11 is 5.87. The van der Waals surface area contributed by atoms with Crippen molar-refractivity contribution in [2.75, 3.05) is 20.3 Å². The molecular weight excluding hydrogens is 256 g/mol. The summed E-state index contributed by atoms with van der Waals surface area (Å²) in [6.45, 7) is 0.516. The van der Waals surface area contributed by atoms with Gasteiger partial charge in [0, 0.05) is 11.4 Å². The van der Waals surface area contributed by atoms with Gasteiger partial charge < -0.3 is 9.47 Å². The summed E-state index contributed by atoms with van der Waals surface area (Å²) in [5.74, 6) is -0.707. The zero-order valence-corrected chi connectivity index (χ0v) is 10.7. The quantitative estimate of drug-likeness (QED) is 0.623. The minimum atomic E-state index is -0.744. The highest BCUT2D eigenvalue weighted by atomic mass is 35.5. The Labute approximate surface area is 110 Å². The van der Waals surface area contributed by atoms with Gasteiger partial charge in [-0.2, -0.15) is 0 Å². The fraction of sp³-hybridized carbons (Fsp3) is 0.385. The van der Waals surface area contributed by atoms with E-state index < -0.39 is 5.92 Å². The molecule has 0 amide bonds. The second-order valence-corrected chi connectivity index (χ2v) is 4.49. The van der Waals surface area contributed by atoms with Crippen molar-refractivity contribution in [3.8, 4) is 5.75 Å². The average molecular weight is 269 g/mol. The van der Waals surface area contributed by atoms with Crippen LogP contribution < -0.4 is 4.74 Å². The number of ether oxygens (including phenoxy) is 2. The molecule has 1 aliphatic rings. The lowest BCUT2D eigenvalue weighted by Crippen LogP contribution is -2.34. The standard InChI is InChI=1S/C13H13ClO4/c1-17-12-3-2-8(14)6-9(12)13(16)10-7-18-5-4-11(10)15/h2-3,6,10H,4-5,7H2,1H3. The van der Waals surface area contributed by atoms with Crippen molar-refractivity contribution in [2.45, 2.75) is 6.42 Å². The van der Waals surface area contributed by atoms with Gasteiger partial charge in [0.2, 0.25) is 0 Å². The number of ketones is 2. The zero-order valence-electron chi connectivity index (χ0n) is 9.94. The topological polar surface area (TPSA) is 52.6 Å². The second kappa shape index (κ2) is 5.50. The van der Waals surface area contributed by atoms with Gasteiger partial charge in [0.1, 0.15) is 17.5 Å². The van der Waals surface area contributed by atoms with Gasteiger partial charge in [-0.05, 0) is 18.2 Å². The normalized spacial score (nSPS) is 19.7. The molecule has 1 saturated heterocycles. The molecule has 1 fully saturated rings. The molecular formula is C13H13ClO4. The second-order valence-electron chi connectivity index (χ2n) is 4.05. The lowest BCUT2D eigenvalue weighted by Gasteiger charge is -2.20. The number of benzene rings is 1. The van der Waals surface area contributed by atoms with Crippen molar-refractivity contribution in [3.63, 3.8) is 0 Å². The highest BCUT2D eigenvalue weighted by molar-refractivity contribution is 6.31. The van der Waals surface area contributed by atoms with Crippen LogP contribution in [0.15, 0.2) is 18.2 Å². The van der Waals surface area contributed by atoms with E-state index >= 15 is 0 Å². The summed E-state index contributed by atoms with van der Waals surface area (Å²) < 4.78 is 10.3. The van der Waals surface area contributed by atoms with Crippen LogP contribution in [0.1, 0.15) is 16.8 Å². The molecule has 0 spiro atoms. The van der Waals surface area contributed by atoms with Crippen molar-refractivity contribution in [3.05, 3.63) is 28.8 Å². The van der Waals surface area contributed by atoms with Crippen molar-refractivity contribution >= 4 is 23.2 Å². The first-order chi connectivity index (χ1) is 8.63. The van der Waals surface area contributed by atoms with Crippen LogP contribution in [0.25, 0.3) is 0 Å². The van der Waals surface area contributed by atoms with E-state index in [4.69, 9.17) is 21.1 Å². The summed E-state index contributed by atoms with van der Waals surface area (Å²) in [7, 11) is 1.47. The molecule has 0 radical (unpaired) electrons. The molecule has 1 atom stereocenters. The third kappa shape index (κ3) is 2.54. The van der Waals surface area contributed by atoms with E-state index in [1.165, 1.54) is 13.2 Å². The van der Waals surface area contributed by atoms with Gasteiger partial charge in [0.25, 0.3) is 0 Å². The maximum atomic E-state index is 12.3. The Morgan fingerprint density at radius 2 is 2.28 bits per heavy atom. The third-order valence-corrected chi connectivity index (χ3v) is 3.14. The molecule has 5 heteroatoms. The molecule has 4 nitrogen and oxygen atoms in total. The first-order valence-electron chi connectivity index (χ1n) is 5.61. The molecule has 96 valence electrons. The van der Waals surface area contributed by atoms with Crippen LogP contribution in [-0.4, -0.2) is 31.9 Å². The predicted octanol–water partition coefficient (Wildman–Crippen LogP) is 2.14. The fourth-order valence-corrected chi connectivity index (χ4v) is 2.10. The Morgan fingerprint density at radius 1 is 1.50 bits per heavy atom. The molecule has 0 N–H and O–H groups in total. The Morgan fingerprint density at radius 3 is 2.94 bits per heavy atom. The number of hydrogen-bond acceptors (Lipinski definition) is 4. The number of methoxy groups -OCH3 is 1. The predicted molar refractivity (Wildman–Crippen MR) is 66.3 cm³/mol. The van der Waals surface area contributed by atoms with Gasteiger partial charge in [-0.1, -0.05) is 11.6 Å². The van der Waals surface area contributed by atoms with Crippen LogP contribution in [0.2, 0.25) is 5.02 Å². The minimum Gasteiger partial charge on any atom is -0.496 e. The number of halogens is 1. The Balaban J connectivity index is 2.32. The zero-order chi connectivity index (χ0) is 13.1. The minimum absolute atomic E-state index is 0.0896. The summed E-state index contributed by atoms with van der Waals surface area (Å²) in [5.41, 5.74) is 0.328. The smallest absolute Gasteiger partial charge is 0.179 e. The Bertz CT molecular complexity index is 484. The number of carbonyl (C=O) groups excluding carboxylic acids is 2. The van der Waals surface area contributed by atoms with E-state index in [-0.39, 0.29) is 24.6 Å². The summed E-state index contributed by atoms with van der Waals surface area (Å²) in [6.07, 6.45) is 0.277. The van der Waals surface area contributed by atoms with Crippen LogP contribution in [0, 0.1) is 5.92 Å². The number of rotatable bonds is 3. The summed E-state index contributed by atoms with van der Waals surface area (Å²) in [4.78, 5) is 24.0. The SMILES string of the molecule is COc1ccc(Cl)cc1C(=O)C1COCCC1=O. The van der Waals surface area contributed by atoms with Crippen LogP contribution in [0.4, 0.5) is 0 Å². The van der Waals surface area contributed by atoms with Crippen LogP contribution in [0.3, 0.4) is 0 Å². The molecule has 0 bridgehead atoms. The molecule has 1 unspecified atom stereocenters. The Kier molecular flexibility index (Phi) is 3.99. The molecule has 0 saturated carbocycles. The lowest BCUT2D eigenvalue weighted by molar-refractivity contribution is -0.128. The summed E-state index contributed by atoms with van der Waals surface area (Å²) in [6, 6.07) is 4.77. The molecule has 1 aromatic carbocycles. The Hall–Kier alpha value is -1.39. The number of carbonyl (C=O) groups is 2. The van der Waals surface area contributed by atoms with Crippen LogP contribution in [-0.2, 0) is 9.53 Å². The van der Waals surface area contributed by atoms with Gasteiger partial charge in [-0.3, -0.25) is 9.59 Å². The highest BCUT2D eigenvalue weighted by Gasteiger charge is 2.32. The average Bonchev–Trinajstić information content (AvgIpc) is 2.38. The van der Waals surface area contributed by atoms with Gasteiger partial charge in [-0.15, -0.1) is 0 Å². The largest absolute Gasteiger partial charge is 0.496 e. The van der Waals surface area contributed by atoms with Crippen LogP contribution >= 0.6 is 11.6 Å². The van der Waals surface area contributed by atoms with Gasteiger partial charge in [-0.25, -0.2) is 0 Å². The van der Waals surface area contributed by atoms with E-state index in [1.807, 2.05) is 0 Å². The monoisotopic (exact) mass is 268 g/mol. The van der Waals surface area contributed by atoms with Gasteiger partial charge in [0.15, 0.2) is 5.78 Å². The maximum Gasteiger partial charge on any atom is 0.179 e. The molecule has 1 aromatic rings. The van der Waals surface area contributed by atoms with Gasteiger partial charge in [0.05, 0.1) is 25.9 Å². The van der Waals surface area contributed by atoms with Crippen molar-refractivity contribution < 1.29 is 19.1 Å². The first kappa shape index (κ1) is 13.1. The molecule has 1 aliphatic heterocycles. The molecule has 1 heterocycles. The van der Waals surface area contributed by atoms with Crippen molar-refractivity contribution in [1.29, 1.82) is 0 Å². The molecule has 0 aliphatic carbocycles. The van der Waals surface area contributed by atoms with Crippen molar-refractivity contribution in [2.24, 2.45) is 5.92 Å².